The van der Waals surface area contributed by atoms with Crippen LogP contribution in [0.5, 0.6) is 0 Å². The van der Waals surface area contributed by atoms with Crippen LogP contribution in [0.25, 0.3) is 11.0 Å². The first-order valence-corrected chi connectivity index (χ1v) is 9.90. The summed E-state index contributed by atoms with van der Waals surface area (Å²) >= 11 is 1.92. The van der Waals surface area contributed by atoms with Gasteiger partial charge in [-0.3, -0.25) is 0 Å². The van der Waals surface area contributed by atoms with Gasteiger partial charge in [-0.1, -0.05) is 12.1 Å². The molecule has 0 amide bonds. The largest absolute Gasteiger partial charge is 0.343 e. The second-order valence-electron chi connectivity index (χ2n) is 6.72. The van der Waals surface area contributed by atoms with Crippen LogP contribution in [-0.2, 0) is 0 Å². The van der Waals surface area contributed by atoms with E-state index in [0.717, 1.165) is 53.9 Å². The Kier molecular flexibility index (Phi) is 3.59. The molecule has 1 saturated heterocycles. The summed E-state index contributed by atoms with van der Waals surface area (Å²) in [5.41, 5.74) is 3.33. The summed E-state index contributed by atoms with van der Waals surface area (Å²) in [6.45, 7) is 5.16. The molecule has 2 aliphatic heterocycles. The number of aromatic nitrogens is 3. The van der Waals surface area contributed by atoms with Crippen LogP contribution in [-0.4, -0.2) is 40.3 Å². The summed E-state index contributed by atoms with van der Waals surface area (Å²) in [4.78, 5) is 19.3. The first-order valence-electron chi connectivity index (χ1n) is 8.91. The van der Waals surface area contributed by atoms with Gasteiger partial charge in [0, 0.05) is 36.0 Å². The van der Waals surface area contributed by atoms with Crippen LogP contribution in [0.3, 0.4) is 0 Å². The number of H-pyrrole nitrogens is 1. The Balaban J connectivity index is 1.70. The van der Waals surface area contributed by atoms with Crippen LogP contribution in [0.4, 0.5) is 17.5 Å². The third-order valence-corrected chi connectivity index (χ3v) is 6.01. The first-order chi connectivity index (χ1) is 12.3. The molecule has 6 heteroatoms. The highest BCUT2D eigenvalue weighted by Gasteiger charge is 2.25. The molecule has 1 N–H and O–H groups in total. The lowest BCUT2D eigenvalue weighted by atomic mass is 10.2. The summed E-state index contributed by atoms with van der Waals surface area (Å²) < 4.78 is 0. The third-order valence-electron chi connectivity index (χ3n) is 4.96. The minimum Gasteiger partial charge on any atom is -0.343 e. The summed E-state index contributed by atoms with van der Waals surface area (Å²) in [5, 5.41) is 1.11. The highest BCUT2D eigenvalue weighted by molar-refractivity contribution is 7.99. The molecule has 3 aromatic rings. The van der Waals surface area contributed by atoms with E-state index >= 15 is 0 Å². The van der Waals surface area contributed by atoms with Gasteiger partial charge in [0.05, 0.1) is 11.1 Å². The fourth-order valence-corrected chi connectivity index (χ4v) is 4.76. The van der Waals surface area contributed by atoms with E-state index in [0.29, 0.717) is 0 Å². The number of hydrogen-bond acceptors (Lipinski definition) is 5. The zero-order valence-electron chi connectivity index (χ0n) is 14.3. The SMILES string of the molecule is Cc1cc2c(N3CCSc4ccccc43)nc(N3CCCC3)nc2[nH]1. The standard InChI is InChI=1S/C19H21N5S/c1-13-12-14-17(20-13)21-19(23-8-4-5-9-23)22-18(14)24-10-11-25-16-7-3-2-6-15(16)24/h2-3,6-7,12H,4-5,8-11H2,1H3,(H,20,21,22). The average molecular weight is 351 g/mol. The molecule has 2 aliphatic rings. The van der Waals surface area contributed by atoms with E-state index in [1.807, 2.05) is 11.8 Å². The van der Waals surface area contributed by atoms with Gasteiger partial charge in [0.2, 0.25) is 5.95 Å². The van der Waals surface area contributed by atoms with Gasteiger partial charge in [0.25, 0.3) is 0 Å². The molecule has 25 heavy (non-hydrogen) atoms. The lowest BCUT2D eigenvalue weighted by Gasteiger charge is -2.31. The number of aromatic amines is 1. The van der Waals surface area contributed by atoms with Crippen molar-refractivity contribution in [1.29, 1.82) is 0 Å². The summed E-state index contributed by atoms with van der Waals surface area (Å²) in [6.07, 6.45) is 2.45. The maximum atomic E-state index is 5.03. The predicted octanol–water partition coefficient (Wildman–Crippen LogP) is 4.11. The second kappa shape index (κ2) is 5.95. The zero-order chi connectivity index (χ0) is 16.8. The number of para-hydroxylation sites is 1. The maximum Gasteiger partial charge on any atom is 0.229 e. The Morgan fingerprint density at radius 2 is 1.92 bits per heavy atom. The van der Waals surface area contributed by atoms with Gasteiger partial charge in [0.1, 0.15) is 11.5 Å². The van der Waals surface area contributed by atoms with Crippen molar-refractivity contribution < 1.29 is 0 Å². The molecular weight excluding hydrogens is 330 g/mol. The molecule has 128 valence electrons. The minimum absolute atomic E-state index is 0.859. The molecule has 0 bridgehead atoms. The summed E-state index contributed by atoms with van der Waals surface area (Å²) in [6, 6.07) is 10.8. The van der Waals surface area contributed by atoms with Crippen LogP contribution in [0.1, 0.15) is 18.5 Å². The van der Waals surface area contributed by atoms with Crippen molar-refractivity contribution in [2.24, 2.45) is 0 Å². The van der Waals surface area contributed by atoms with Gasteiger partial charge in [-0.05, 0) is 38.0 Å². The van der Waals surface area contributed by atoms with Crippen LogP contribution < -0.4 is 9.80 Å². The number of hydrogen-bond donors (Lipinski definition) is 1. The number of aryl methyl sites for hydroxylation is 1. The number of fused-ring (bicyclic) bond motifs is 2. The highest BCUT2D eigenvalue weighted by Crippen LogP contribution is 2.40. The average Bonchev–Trinajstić information content (AvgIpc) is 3.29. The van der Waals surface area contributed by atoms with Gasteiger partial charge in [-0.15, -0.1) is 11.8 Å². The van der Waals surface area contributed by atoms with E-state index in [2.05, 4.69) is 52.0 Å². The Morgan fingerprint density at radius 3 is 2.80 bits per heavy atom. The minimum atomic E-state index is 0.859. The molecule has 0 unspecified atom stereocenters. The van der Waals surface area contributed by atoms with Crippen molar-refractivity contribution in [3.05, 3.63) is 36.0 Å². The fourth-order valence-electron chi connectivity index (χ4n) is 3.77. The Morgan fingerprint density at radius 1 is 1.08 bits per heavy atom. The third kappa shape index (κ3) is 2.56. The van der Waals surface area contributed by atoms with Crippen molar-refractivity contribution in [2.75, 3.05) is 35.2 Å². The maximum absolute atomic E-state index is 5.03. The van der Waals surface area contributed by atoms with Crippen molar-refractivity contribution in [3.63, 3.8) is 0 Å². The Bertz CT molecular complexity index is 929. The molecule has 1 fully saturated rings. The van der Waals surface area contributed by atoms with E-state index in [4.69, 9.17) is 9.97 Å². The van der Waals surface area contributed by atoms with Gasteiger partial charge in [0.15, 0.2) is 0 Å². The zero-order valence-corrected chi connectivity index (χ0v) is 15.1. The first kappa shape index (κ1) is 15.1. The van der Waals surface area contributed by atoms with E-state index < -0.39 is 0 Å². The smallest absolute Gasteiger partial charge is 0.229 e. The molecule has 4 heterocycles. The van der Waals surface area contributed by atoms with E-state index in [1.165, 1.54) is 23.4 Å². The molecule has 2 aromatic heterocycles. The molecule has 5 rings (SSSR count). The molecule has 0 atom stereocenters. The van der Waals surface area contributed by atoms with Crippen molar-refractivity contribution in [3.8, 4) is 0 Å². The quantitative estimate of drug-likeness (QED) is 0.753. The molecule has 0 radical (unpaired) electrons. The molecule has 0 aliphatic carbocycles. The van der Waals surface area contributed by atoms with Crippen molar-refractivity contribution >= 4 is 40.2 Å². The van der Waals surface area contributed by atoms with Gasteiger partial charge < -0.3 is 14.8 Å². The highest BCUT2D eigenvalue weighted by atomic mass is 32.2. The summed E-state index contributed by atoms with van der Waals surface area (Å²) in [5.74, 6) is 2.96. The molecule has 1 aromatic carbocycles. The van der Waals surface area contributed by atoms with Gasteiger partial charge in [-0.25, -0.2) is 0 Å². The van der Waals surface area contributed by atoms with Crippen molar-refractivity contribution in [2.45, 2.75) is 24.7 Å². The van der Waals surface area contributed by atoms with Gasteiger partial charge >= 0.3 is 0 Å². The predicted molar refractivity (Wildman–Crippen MR) is 104 cm³/mol. The number of thioether (sulfide) groups is 1. The number of nitrogens with zero attached hydrogens (tertiary/aromatic N) is 4. The van der Waals surface area contributed by atoms with Gasteiger partial charge in [-0.2, -0.15) is 9.97 Å². The normalized spacial score (nSPS) is 17.3. The number of benzene rings is 1. The molecular formula is C19H21N5S. The van der Waals surface area contributed by atoms with Crippen LogP contribution in [0, 0.1) is 6.92 Å². The summed E-state index contributed by atoms with van der Waals surface area (Å²) in [7, 11) is 0. The molecule has 0 saturated carbocycles. The van der Waals surface area contributed by atoms with E-state index in [9.17, 15) is 0 Å². The second-order valence-corrected chi connectivity index (χ2v) is 7.86. The topological polar surface area (TPSA) is 48.1 Å². The fraction of sp³-hybridized carbons (Fsp3) is 0.368. The molecule has 5 nitrogen and oxygen atoms in total. The number of anilines is 3. The van der Waals surface area contributed by atoms with Crippen LogP contribution in [0.2, 0.25) is 0 Å². The van der Waals surface area contributed by atoms with Crippen LogP contribution >= 0.6 is 11.8 Å². The van der Waals surface area contributed by atoms with Crippen molar-refractivity contribution in [1.82, 2.24) is 15.0 Å². The monoisotopic (exact) mass is 351 g/mol. The van der Waals surface area contributed by atoms with E-state index in [-0.39, 0.29) is 0 Å². The number of nitrogens with one attached hydrogen (secondary N) is 1. The lowest BCUT2D eigenvalue weighted by molar-refractivity contribution is 0.890. The number of rotatable bonds is 2. The van der Waals surface area contributed by atoms with Crippen LogP contribution in [0.15, 0.2) is 35.2 Å². The Hall–Kier alpha value is -2.21. The van der Waals surface area contributed by atoms with E-state index in [1.54, 1.807) is 0 Å². The lowest BCUT2D eigenvalue weighted by Crippen LogP contribution is -2.27. The molecule has 0 spiro atoms. The Labute approximate surface area is 151 Å².